The Hall–Kier alpha value is -0.120. The molecule has 0 heterocycles. The molecular weight excluding hydrogens is 190 g/mol. The topological polar surface area (TPSA) is 44.5 Å². The average Bonchev–Trinajstić information content (AvgIpc) is 2.15. The van der Waals surface area contributed by atoms with Gasteiger partial charge in [-0.2, -0.15) is 0 Å². The number of methoxy groups -OCH3 is 1. The molecule has 0 aromatic rings. The molecule has 1 atom stereocenters. The van der Waals surface area contributed by atoms with E-state index in [4.69, 9.17) is 15.2 Å². The Morgan fingerprint density at radius 1 is 1.13 bits per heavy atom. The Kier molecular flexibility index (Phi) is 8.02. The van der Waals surface area contributed by atoms with Crippen LogP contribution in [0.2, 0.25) is 0 Å². The summed E-state index contributed by atoms with van der Waals surface area (Å²) in [4.78, 5) is 0. The number of nitrogens with two attached hydrogens (primary N) is 1. The molecule has 0 aromatic heterocycles. The Morgan fingerprint density at radius 3 is 2.27 bits per heavy atom. The predicted octanol–water partition coefficient (Wildman–Crippen LogP) is 2.05. The minimum atomic E-state index is 0.282. The molecule has 0 radical (unpaired) electrons. The lowest BCUT2D eigenvalue weighted by atomic mass is 9.79. The van der Waals surface area contributed by atoms with Crippen molar-refractivity contribution in [3.8, 4) is 0 Å². The van der Waals surface area contributed by atoms with E-state index >= 15 is 0 Å². The van der Waals surface area contributed by atoms with Crippen LogP contribution in [0.5, 0.6) is 0 Å². The van der Waals surface area contributed by atoms with Gasteiger partial charge in [0, 0.05) is 26.9 Å². The van der Waals surface area contributed by atoms with E-state index in [1.807, 2.05) is 0 Å². The van der Waals surface area contributed by atoms with Crippen LogP contribution in [0.25, 0.3) is 0 Å². The predicted molar refractivity (Wildman–Crippen MR) is 63.9 cm³/mol. The molecule has 0 aliphatic heterocycles. The normalized spacial score (nSPS) is 14.2. The van der Waals surface area contributed by atoms with E-state index in [-0.39, 0.29) is 5.41 Å². The van der Waals surface area contributed by atoms with Crippen molar-refractivity contribution >= 4 is 0 Å². The third-order valence-electron chi connectivity index (χ3n) is 2.76. The smallest absolute Gasteiger partial charge is 0.0487 e. The minimum Gasteiger partial charge on any atom is -0.385 e. The maximum atomic E-state index is 5.75. The second kappa shape index (κ2) is 8.08. The third kappa shape index (κ3) is 7.77. The van der Waals surface area contributed by atoms with Crippen LogP contribution in [0.3, 0.4) is 0 Å². The quantitative estimate of drug-likeness (QED) is 0.633. The lowest BCUT2D eigenvalue weighted by molar-refractivity contribution is 0.0808. The molecule has 0 amide bonds. The van der Waals surface area contributed by atoms with Gasteiger partial charge in [0.2, 0.25) is 0 Å². The fraction of sp³-hybridized carbons (Fsp3) is 1.00. The van der Waals surface area contributed by atoms with Gasteiger partial charge in [0.05, 0.1) is 0 Å². The molecule has 0 spiro atoms. The third-order valence-corrected chi connectivity index (χ3v) is 2.76. The Balaban J connectivity index is 3.48. The summed E-state index contributed by atoms with van der Waals surface area (Å²) < 4.78 is 10.5. The zero-order valence-electron chi connectivity index (χ0n) is 10.7. The molecule has 1 unspecified atom stereocenters. The lowest BCUT2D eigenvalue weighted by Crippen LogP contribution is -2.29. The molecule has 0 saturated heterocycles. The standard InChI is InChI=1S/C12H27NO2/c1-12(2,3)11(10-13)6-9-15-8-5-7-14-4/h11H,5-10,13H2,1-4H3. The maximum absolute atomic E-state index is 5.75. The summed E-state index contributed by atoms with van der Waals surface area (Å²) in [6, 6.07) is 0. The SMILES string of the molecule is COCCCOCCC(CN)C(C)(C)C. The van der Waals surface area contributed by atoms with Gasteiger partial charge in [-0.25, -0.2) is 0 Å². The van der Waals surface area contributed by atoms with Gasteiger partial charge in [-0.05, 0) is 30.7 Å². The highest BCUT2D eigenvalue weighted by Crippen LogP contribution is 2.27. The van der Waals surface area contributed by atoms with Crippen molar-refractivity contribution in [3.63, 3.8) is 0 Å². The van der Waals surface area contributed by atoms with Crippen LogP contribution < -0.4 is 5.73 Å². The van der Waals surface area contributed by atoms with Crippen molar-refractivity contribution in [2.75, 3.05) is 33.5 Å². The van der Waals surface area contributed by atoms with Gasteiger partial charge in [-0.3, -0.25) is 0 Å². The van der Waals surface area contributed by atoms with Crippen molar-refractivity contribution in [1.82, 2.24) is 0 Å². The van der Waals surface area contributed by atoms with E-state index in [9.17, 15) is 0 Å². The Bertz CT molecular complexity index is 143. The van der Waals surface area contributed by atoms with Crippen LogP contribution in [-0.4, -0.2) is 33.5 Å². The number of hydrogen-bond donors (Lipinski definition) is 1. The largest absolute Gasteiger partial charge is 0.385 e. The Labute approximate surface area is 94.3 Å². The first-order valence-electron chi connectivity index (χ1n) is 5.79. The van der Waals surface area contributed by atoms with Crippen LogP contribution in [0.4, 0.5) is 0 Å². The first-order chi connectivity index (χ1) is 7.02. The van der Waals surface area contributed by atoms with Crippen LogP contribution in [-0.2, 0) is 9.47 Å². The molecule has 0 saturated carbocycles. The molecule has 15 heavy (non-hydrogen) atoms. The van der Waals surface area contributed by atoms with E-state index in [1.54, 1.807) is 7.11 Å². The fourth-order valence-electron chi connectivity index (χ4n) is 1.54. The summed E-state index contributed by atoms with van der Waals surface area (Å²) in [5, 5.41) is 0. The molecule has 92 valence electrons. The highest BCUT2D eigenvalue weighted by Gasteiger charge is 2.22. The van der Waals surface area contributed by atoms with Gasteiger partial charge in [0.1, 0.15) is 0 Å². The average molecular weight is 217 g/mol. The van der Waals surface area contributed by atoms with Crippen molar-refractivity contribution in [3.05, 3.63) is 0 Å². The highest BCUT2D eigenvalue weighted by molar-refractivity contribution is 4.74. The van der Waals surface area contributed by atoms with Crippen LogP contribution in [0.1, 0.15) is 33.6 Å². The molecule has 0 aliphatic rings. The highest BCUT2D eigenvalue weighted by atomic mass is 16.5. The van der Waals surface area contributed by atoms with Gasteiger partial charge in [-0.15, -0.1) is 0 Å². The monoisotopic (exact) mass is 217 g/mol. The second-order valence-electron chi connectivity index (χ2n) is 5.05. The molecule has 3 heteroatoms. The summed E-state index contributed by atoms with van der Waals surface area (Å²) in [7, 11) is 1.71. The first kappa shape index (κ1) is 14.9. The summed E-state index contributed by atoms with van der Waals surface area (Å²) in [6.45, 7) is 9.81. The van der Waals surface area contributed by atoms with Gasteiger partial charge < -0.3 is 15.2 Å². The van der Waals surface area contributed by atoms with Crippen molar-refractivity contribution in [2.45, 2.75) is 33.6 Å². The summed E-state index contributed by atoms with van der Waals surface area (Å²) in [6.07, 6.45) is 2.02. The molecule has 0 rings (SSSR count). The number of rotatable bonds is 8. The van der Waals surface area contributed by atoms with Gasteiger partial charge in [0.15, 0.2) is 0 Å². The fourth-order valence-corrected chi connectivity index (χ4v) is 1.54. The van der Waals surface area contributed by atoms with E-state index < -0.39 is 0 Å². The van der Waals surface area contributed by atoms with Crippen LogP contribution in [0, 0.1) is 11.3 Å². The number of hydrogen-bond acceptors (Lipinski definition) is 3. The first-order valence-corrected chi connectivity index (χ1v) is 5.79. The van der Waals surface area contributed by atoms with E-state index in [0.29, 0.717) is 5.92 Å². The minimum absolute atomic E-state index is 0.282. The van der Waals surface area contributed by atoms with Crippen molar-refractivity contribution < 1.29 is 9.47 Å². The van der Waals surface area contributed by atoms with Gasteiger partial charge >= 0.3 is 0 Å². The van der Waals surface area contributed by atoms with E-state index in [1.165, 1.54) is 0 Å². The molecule has 0 fully saturated rings. The lowest BCUT2D eigenvalue weighted by Gasteiger charge is -2.29. The molecule has 0 bridgehead atoms. The zero-order valence-corrected chi connectivity index (χ0v) is 10.7. The second-order valence-corrected chi connectivity index (χ2v) is 5.05. The molecular formula is C12H27NO2. The summed E-state index contributed by atoms with van der Waals surface area (Å²) in [5.41, 5.74) is 6.03. The number of ether oxygens (including phenoxy) is 2. The van der Waals surface area contributed by atoms with Gasteiger partial charge in [0.25, 0.3) is 0 Å². The van der Waals surface area contributed by atoms with E-state index in [0.717, 1.165) is 39.2 Å². The van der Waals surface area contributed by atoms with Crippen molar-refractivity contribution in [1.29, 1.82) is 0 Å². The maximum Gasteiger partial charge on any atom is 0.0487 e. The molecule has 0 aromatic carbocycles. The van der Waals surface area contributed by atoms with Gasteiger partial charge in [-0.1, -0.05) is 20.8 Å². The molecule has 2 N–H and O–H groups in total. The molecule has 0 aliphatic carbocycles. The van der Waals surface area contributed by atoms with Crippen molar-refractivity contribution in [2.24, 2.45) is 17.1 Å². The van der Waals surface area contributed by atoms with Crippen LogP contribution >= 0.6 is 0 Å². The summed E-state index contributed by atoms with van der Waals surface area (Å²) >= 11 is 0. The van der Waals surface area contributed by atoms with Crippen LogP contribution in [0.15, 0.2) is 0 Å². The van der Waals surface area contributed by atoms with E-state index in [2.05, 4.69) is 20.8 Å². The Morgan fingerprint density at radius 2 is 1.80 bits per heavy atom. The summed E-state index contributed by atoms with van der Waals surface area (Å²) in [5.74, 6) is 0.542. The molecule has 3 nitrogen and oxygen atoms in total. The zero-order chi connectivity index (χ0) is 11.7.